The van der Waals surface area contributed by atoms with Crippen molar-refractivity contribution in [2.45, 2.75) is 53.9 Å². The Morgan fingerprint density at radius 2 is 1.59 bits per heavy atom. The number of nitrogens with two attached hydrogens (primary N) is 1. The third-order valence-electron chi connectivity index (χ3n) is 5.22. The summed E-state index contributed by atoms with van der Waals surface area (Å²) in [4.78, 5) is 36.5. The molecule has 216 valence electrons. The van der Waals surface area contributed by atoms with E-state index in [0.29, 0.717) is 11.2 Å². The number of hydrogen-bond acceptors (Lipinski definition) is 13. The maximum Gasteiger partial charge on any atom is 0.313 e. The lowest BCUT2D eigenvalue weighted by Gasteiger charge is -2.21. The summed E-state index contributed by atoms with van der Waals surface area (Å²) in [5.74, 6) is -3.16. The molecule has 0 radical (unpaired) electrons. The fraction of sp³-hybridized carbons (Fsp3) is 0.625. The molecule has 2 atom stereocenters. The van der Waals surface area contributed by atoms with E-state index in [0.717, 1.165) is 22.8 Å². The number of esters is 2. The van der Waals surface area contributed by atoms with Crippen molar-refractivity contribution >= 4 is 57.5 Å². The van der Waals surface area contributed by atoms with Gasteiger partial charge in [0.1, 0.15) is 31.2 Å². The quantitative estimate of drug-likeness (QED) is 0.155. The third-order valence-corrected chi connectivity index (χ3v) is 12.5. The molecule has 0 bridgehead atoms. The summed E-state index contributed by atoms with van der Waals surface area (Å²) < 4.78 is 37.9. The molecule has 0 fully saturated rings. The molecule has 0 spiro atoms. The van der Waals surface area contributed by atoms with E-state index in [1.54, 1.807) is 52.4 Å². The molecule has 3 heterocycles. The van der Waals surface area contributed by atoms with Crippen LogP contribution in [0.3, 0.4) is 0 Å². The van der Waals surface area contributed by atoms with E-state index in [1.807, 2.05) is 12.2 Å². The zero-order valence-electron chi connectivity index (χ0n) is 23.0. The molecule has 12 nitrogen and oxygen atoms in total. The van der Waals surface area contributed by atoms with Gasteiger partial charge in [-0.2, -0.15) is 0 Å². The first kappa shape index (κ1) is 31.4. The van der Waals surface area contributed by atoms with Gasteiger partial charge >= 0.3 is 17.7 Å². The molecule has 0 aliphatic carbocycles. The molecule has 39 heavy (non-hydrogen) atoms. The van der Waals surface area contributed by atoms with E-state index >= 15 is 0 Å². The molecule has 15 heteroatoms. The maximum absolute atomic E-state index is 13.7. The van der Waals surface area contributed by atoms with Crippen LogP contribution in [0.5, 0.6) is 0 Å². The molecule has 1 aliphatic rings. The zero-order chi connectivity index (χ0) is 28.8. The van der Waals surface area contributed by atoms with Crippen molar-refractivity contribution in [3.8, 4) is 0 Å². The second-order valence-electron chi connectivity index (χ2n) is 10.7. The zero-order valence-corrected chi connectivity index (χ0v) is 25.5. The predicted molar refractivity (Wildman–Crippen MR) is 152 cm³/mol. The number of carbonyl (C=O) groups excluding carboxylic acids is 2. The van der Waals surface area contributed by atoms with Gasteiger partial charge in [-0.15, -0.1) is 0 Å². The van der Waals surface area contributed by atoms with Crippen LogP contribution in [0.1, 0.15) is 47.8 Å². The average Bonchev–Trinajstić information content (AvgIpc) is 3.49. The van der Waals surface area contributed by atoms with Crippen LogP contribution >= 0.6 is 28.5 Å². The van der Waals surface area contributed by atoms with Crippen molar-refractivity contribution in [3.63, 3.8) is 0 Å². The molecular weight excluding hydrogens is 565 g/mol. The SMILES string of the molecule is CC(C)(C)C(=O)OCCSP(=O)(OC[C@@H]1C=C[C@H](n2cnc3c(N)ncnc32)O1)SCCOC(=O)C(C)(C)C. The molecule has 0 saturated heterocycles. The summed E-state index contributed by atoms with van der Waals surface area (Å²) in [7, 11) is 0. The van der Waals surface area contributed by atoms with Gasteiger partial charge in [-0.1, -0.05) is 28.8 Å². The highest BCUT2D eigenvalue weighted by atomic mass is 33.1. The van der Waals surface area contributed by atoms with Gasteiger partial charge in [0.15, 0.2) is 17.7 Å². The second-order valence-corrected chi connectivity index (χ2v) is 18.3. The molecule has 2 aromatic heterocycles. The minimum absolute atomic E-state index is 0.0254. The largest absolute Gasteiger partial charge is 0.464 e. The van der Waals surface area contributed by atoms with E-state index in [-0.39, 0.29) is 49.1 Å². The molecule has 0 aromatic carbocycles. The Hall–Kier alpha value is -2.12. The van der Waals surface area contributed by atoms with Gasteiger partial charge in [-0.3, -0.25) is 18.7 Å². The van der Waals surface area contributed by atoms with Crippen molar-refractivity contribution in [2.24, 2.45) is 10.8 Å². The van der Waals surface area contributed by atoms with Gasteiger partial charge in [0.2, 0.25) is 0 Å². The number of aromatic nitrogens is 4. The number of rotatable bonds is 12. The molecule has 0 unspecified atom stereocenters. The van der Waals surface area contributed by atoms with Crippen LogP contribution in [0.2, 0.25) is 0 Å². The fourth-order valence-electron chi connectivity index (χ4n) is 3.07. The number of carbonyl (C=O) groups is 2. The van der Waals surface area contributed by atoms with E-state index < -0.39 is 28.9 Å². The summed E-state index contributed by atoms with van der Waals surface area (Å²) >= 11 is 2.16. The van der Waals surface area contributed by atoms with Crippen LogP contribution in [-0.4, -0.2) is 68.9 Å². The summed E-state index contributed by atoms with van der Waals surface area (Å²) in [6.45, 7) is 10.8. The van der Waals surface area contributed by atoms with Gasteiger partial charge in [-0.05, 0) is 47.6 Å². The minimum Gasteiger partial charge on any atom is -0.464 e. The van der Waals surface area contributed by atoms with E-state index in [4.69, 9.17) is 24.5 Å². The van der Waals surface area contributed by atoms with Crippen LogP contribution in [0.4, 0.5) is 5.82 Å². The van der Waals surface area contributed by atoms with Gasteiger partial charge in [0.05, 0.1) is 23.8 Å². The van der Waals surface area contributed by atoms with Crippen LogP contribution in [0, 0.1) is 10.8 Å². The van der Waals surface area contributed by atoms with Crippen molar-refractivity contribution in [3.05, 3.63) is 24.8 Å². The first-order chi connectivity index (χ1) is 18.2. The standard InChI is InChI=1S/C24H36N5O7PS2/c1-23(2,3)21(30)33-9-11-38-37(32,39-12-10-34-22(31)24(4,5)6)35-13-16-7-8-17(36-16)29-15-28-18-19(25)26-14-27-20(18)29/h7-8,14-17H,9-13H2,1-6H3,(H2,25,26,27)/t16-,17+/m0/s1. The van der Waals surface area contributed by atoms with Gasteiger partial charge in [-0.25, -0.2) is 15.0 Å². The van der Waals surface area contributed by atoms with Crippen LogP contribution in [0.15, 0.2) is 24.8 Å². The molecule has 2 N–H and O–H groups in total. The van der Waals surface area contributed by atoms with E-state index in [2.05, 4.69) is 15.0 Å². The Balaban J connectivity index is 1.56. The summed E-state index contributed by atoms with van der Waals surface area (Å²) in [6, 6.07) is 0. The number of ether oxygens (including phenoxy) is 3. The molecule has 2 aromatic rings. The van der Waals surface area contributed by atoms with E-state index in [1.165, 1.54) is 6.33 Å². The highest BCUT2D eigenvalue weighted by Gasteiger charge is 2.31. The molecule has 1 aliphatic heterocycles. The predicted octanol–water partition coefficient (Wildman–Crippen LogP) is 4.63. The minimum atomic E-state index is -3.32. The number of nitrogens with zero attached hydrogens (tertiary/aromatic N) is 4. The van der Waals surface area contributed by atoms with Crippen molar-refractivity contribution in [2.75, 3.05) is 37.1 Å². The number of nitrogen functional groups attached to an aromatic ring is 1. The normalized spacial score (nSPS) is 18.0. The van der Waals surface area contributed by atoms with Gasteiger partial charge in [0.25, 0.3) is 0 Å². The fourth-order valence-corrected chi connectivity index (χ4v) is 9.23. The molecule has 0 amide bonds. The number of hydrogen-bond donors (Lipinski definition) is 1. The van der Waals surface area contributed by atoms with Crippen LogP contribution < -0.4 is 5.73 Å². The van der Waals surface area contributed by atoms with Crippen LogP contribution in [0.25, 0.3) is 11.2 Å². The molecular formula is C24H36N5O7PS2. The Labute approximate surface area is 236 Å². The lowest BCUT2D eigenvalue weighted by atomic mass is 9.97. The number of imidazole rings is 1. The first-order valence-corrected chi connectivity index (χ1v) is 17.2. The third kappa shape index (κ3) is 8.94. The van der Waals surface area contributed by atoms with Crippen molar-refractivity contribution in [1.82, 2.24) is 19.5 Å². The second kappa shape index (κ2) is 13.0. The summed E-state index contributed by atoms with van der Waals surface area (Å²) in [5.41, 5.74) is 5.62. The lowest BCUT2D eigenvalue weighted by molar-refractivity contribution is -0.152. The van der Waals surface area contributed by atoms with E-state index in [9.17, 15) is 14.2 Å². The summed E-state index contributed by atoms with van der Waals surface area (Å²) in [6.07, 6.45) is 5.61. The monoisotopic (exact) mass is 601 g/mol. The van der Waals surface area contributed by atoms with Gasteiger partial charge < -0.3 is 24.5 Å². The Kier molecular flexibility index (Phi) is 10.5. The first-order valence-electron chi connectivity index (χ1n) is 12.3. The highest BCUT2D eigenvalue weighted by molar-refractivity contribution is 8.89. The topological polar surface area (TPSA) is 158 Å². The smallest absolute Gasteiger partial charge is 0.313 e. The Bertz CT molecular complexity index is 1200. The van der Waals surface area contributed by atoms with Crippen molar-refractivity contribution in [1.29, 1.82) is 0 Å². The Morgan fingerprint density at radius 3 is 2.15 bits per heavy atom. The summed E-state index contributed by atoms with van der Waals surface area (Å²) in [5, 5.41) is 0. The van der Waals surface area contributed by atoms with Gasteiger partial charge in [0, 0.05) is 11.5 Å². The Morgan fingerprint density at radius 1 is 1.00 bits per heavy atom. The molecule has 0 saturated carbocycles. The van der Waals surface area contributed by atoms with Crippen LogP contribution in [-0.2, 0) is 32.9 Å². The van der Waals surface area contributed by atoms with Crippen molar-refractivity contribution < 1.29 is 32.9 Å². The maximum atomic E-state index is 13.7. The average molecular weight is 602 g/mol. The molecule has 3 rings (SSSR count). The number of anilines is 1. The highest BCUT2D eigenvalue weighted by Crippen LogP contribution is 2.69. The lowest BCUT2D eigenvalue weighted by Crippen LogP contribution is -2.24. The number of fused-ring (bicyclic) bond motifs is 1.